The molecule has 0 saturated heterocycles. The molecule has 0 amide bonds. The van der Waals surface area contributed by atoms with Gasteiger partial charge in [-0.05, 0) is 32.0 Å². The number of rotatable bonds is 5. The molecule has 0 heterocycles. The number of carbonyl (C=O) groups excluding carboxylic acids is 1. The highest BCUT2D eigenvalue weighted by atomic mass is 79.9. The number of ether oxygens (including phenoxy) is 1. The predicted octanol–water partition coefficient (Wildman–Crippen LogP) is 2.33. The van der Waals surface area contributed by atoms with E-state index in [9.17, 15) is 13.2 Å². The fraction of sp³-hybridized carbons (Fsp3) is 0.364. The zero-order chi connectivity index (χ0) is 14.6. The minimum Gasteiger partial charge on any atom is -0.462 e. The second-order valence-corrected chi connectivity index (χ2v) is 7.00. The molecule has 0 aromatic heterocycles. The summed E-state index contributed by atoms with van der Waals surface area (Å²) < 4.78 is 31.5. The van der Waals surface area contributed by atoms with Gasteiger partial charge in [-0.3, -0.25) is 4.79 Å². The lowest BCUT2D eigenvalue weighted by Crippen LogP contribution is -2.31. The van der Waals surface area contributed by atoms with Crippen LogP contribution in [0.3, 0.4) is 0 Å². The first-order valence-corrected chi connectivity index (χ1v) is 8.02. The highest BCUT2D eigenvalue weighted by Crippen LogP contribution is 2.24. The van der Waals surface area contributed by atoms with Gasteiger partial charge < -0.3 is 4.74 Å². The van der Waals surface area contributed by atoms with E-state index in [1.54, 1.807) is 19.9 Å². The summed E-state index contributed by atoms with van der Waals surface area (Å²) in [4.78, 5) is 11.2. The largest absolute Gasteiger partial charge is 0.462 e. The lowest BCUT2D eigenvalue weighted by atomic mass is 10.4. The maximum Gasteiger partial charge on any atom is 0.321 e. The summed E-state index contributed by atoms with van der Waals surface area (Å²) in [5.74, 6) is -0.646. The first-order chi connectivity index (χ1) is 8.72. The topological polar surface area (TPSA) is 72.5 Å². The van der Waals surface area contributed by atoms with E-state index in [0.717, 1.165) is 0 Å². The van der Waals surface area contributed by atoms with Gasteiger partial charge in [-0.2, -0.15) is 4.72 Å². The Bertz CT molecular complexity index is 574. The number of sulfonamides is 1. The number of hydrogen-bond donors (Lipinski definition) is 1. The van der Waals surface area contributed by atoms with Gasteiger partial charge in [0.25, 0.3) is 0 Å². The van der Waals surface area contributed by atoms with Gasteiger partial charge in [-0.25, -0.2) is 8.42 Å². The van der Waals surface area contributed by atoms with Crippen molar-refractivity contribution in [2.24, 2.45) is 0 Å². The summed E-state index contributed by atoms with van der Waals surface area (Å²) in [7, 11) is -3.84. The number of esters is 1. The molecule has 19 heavy (non-hydrogen) atoms. The lowest BCUT2D eigenvalue weighted by Gasteiger charge is -2.10. The summed E-state index contributed by atoms with van der Waals surface area (Å²) in [6, 6.07) is 4.36. The standard InChI is InChI=1S/C11H13BrClNO4S/c1-7(2)18-11(15)6-14-19(16,17)10-4-3-8(12)5-9(10)13/h3-5,7,14H,6H2,1-2H3. The minimum atomic E-state index is -3.84. The third-order valence-electron chi connectivity index (χ3n) is 1.96. The third-order valence-corrected chi connectivity index (χ3v) is 4.33. The van der Waals surface area contributed by atoms with Gasteiger partial charge in [-0.15, -0.1) is 0 Å². The van der Waals surface area contributed by atoms with Crippen molar-refractivity contribution in [2.45, 2.75) is 24.8 Å². The molecule has 0 atom stereocenters. The van der Waals surface area contributed by atoms with E-state index in [4.69, 9.17) is 16.3 Å². The molecule has 0 aliphatic carbocycles. The summed E-state index contributed by atoms with van der Waals surface area (Å²) in [5, 5.41) is 0.0686. The fourth-order valence-electron chi connectivity index (χ4n) is 1.23. The number of hydrogen-bond acceptors (Lipinski definition) is 4. The maximum absolute atomic E-state index is 11.9. The quantitative estimate of drug-likeness (QED) is 0.808. The van der Waals surface area contributed by atoms with E-state index in [0.29, 0.717) is 4.47 Å². The van der Waals surface area contributed by atoms with Gasteiger partial charge in [0.05, 0.1) is 11.1 Å². The molecule has 0 spiro atoms. The minimum absolute atomic E-state index is 0.0686. The molecule has 0 saturated carbocycles. The second-order valence-electron chi connectivity index (χ2n) is 3.94. The zero-order valence-corrected chi connectivity index (χ0v) is 13.5. The highest BCUT2D eigenvalue weighted by Gasteiger charge is 2.19. The van der Waals surface area contributed by atoms with Gasteiger partial charge in [-0.1, -0.05) is 27.5 Å². The number of halogens is 2. The average molecular weight is 371 g/mol. The Kier molecular flexibility index (Phi) is 5.79. The lowest BCUT2D eigenvalue weighted by molar-refractivity contribution is -0.145. The second kappa shape index (κ2) is 6.69. The van der Waals surface area contributed by atoms with Crippen molar-refractivity contribution in [3.63, 3.8) is 0 Å². The molecule has 1 aromatic rings. The Morgan fingerprint density at radius 2 is 2.11 bits per heavy atom. The molecule has 0 aliphatic heterocycles. The van der Waals surface area contributed by atoms with Crippen molar-refractivity contribution >= 4 is 43.5 Å². The molecule has 5 nitrogen and oxygen atoms in total. The van der Waals surface area contributed by atoms with Gasteiger partial charge in [0.2, 0.25) is 10.0 Å². The Morgan fingerprint density at radius 3 is 2.63 bits per heavy atom. The van der Waals surface area contributed by atoms with Gasteiger partial charge in [0, 0.05) is 4.47 Å². The summed E-state index contributed by atoms with van der Waals surface area (Å²) in [5.41, 5.74) is 0. The molecule has 0 unspecified atom stereocenters. The van der Waals surface area contributed by atoms with E-state index in [2.05, 4.69) is 20.7 Å². The molecule has 106 valence electrons. The SMILES string of the molecule is CC(C)OC(=O)CNS(=O)(=O)c1ccc(Br)cc1Cl. The van der Waals surface area contributed by atoms with Crippen molar-refractivity contribution in [2.75, 3.05) is 6.54 Å². The zero-order valence-electron chi connectivity index (χ0n) is 10.3. The van der Waals surface area contributed by atoms with Gasteiger partial charge >= 0.3 is 5.97 Å². The average Bonchev–Trinajstić information content (AvgIpc) is 2.25. The van der Waals surface area contributed by atoms with Crippen LogP contribution in [0.2, 0.25) is 5.02 Å². The van der Waals surface area contributed by atoms with E-state index in [1.807, 2.05) is 0 Å². The number of nitrogens with one attached hydrogen (secondary N) is 1. The van der Waals surface area contributed by atoms with Crippen LogP contribution in [0.5, 0.6) is 0 Å². The van der Waals surface area contributed by atoms with Gasteiger partial charge in [0.15, 0.2) is 0 Å². The van der Waals surface area contributed by atoms with E-state index >= 15 is 0 Å². The summed E-state index contributed by atoms with van der Waals surface area (Å²) in [6.07, 6.45) is -0.298. The molecule has 0 aliphatic rings. The van der Waals surface area contributed by atoms with Crippen LogP contribution in [0.4, 0.5) is 0 Å². The van der Waals surface area contributed by atoms with Crippen LogP contribution < -0.4 is 4.72 Å². The fourth-order valence-corrected chi connectivity index (χ4v) is 3.23. The predicted molar refractivity (Wildman–Crippen MR) is 75.6 cm³/mol. The van der Waals surface area contributed by atoms with Crippen LogP contribution in [0, 0.1) is 0 Å². The van der Waals surface area contributed by atoms with Crippen LogP contribution in [-0.4, -0.2) is 27.0 Å². The first-order valence-electron chi connectivity index (χ1n) is 5.36. The normalized spacial score (nSPS) is 11.6. The smallest absolute Gasteiger partial charge is 0.321 e. The monoisotopic (exact) mass is 369 g/mol. The van der Waals surface area contributed by atoms with Crippen molar-refractivity contribution in [1.29, 1.82) is 0 Å². The van der Waals surface area contributed by atoms with Crippen LogP contribution in [0.1, 0.15) is 13.8 Å². The molecule has 0 fully saturated rings. The van der Waals surface area contributed by atoms with Crippen LogP contribution in [0.25, 0.3) is 0 Å². The Balaban J connectivity index is 2.79. The van der Waals surface area contributed by atoms with Crippen LogP contribution in [0.15, 0.2) is 27.6 Å². The van der Waals surface area contributed by atoms with Gasteiger partial charge in [0.1, 0.15) is 11.4 Å². The number of benzene rings is 1. The van der Waals surface area contributed by atoms with Crippen LogP contribution >= 0.6 is 27.5 Å². The maximum atomic E-state index is 11.9. The third kappa shape index (κ3) is 5.10. The van der Waals surface area contributed by atoms with E-state index < -0.39 is 22.5 Å². The Morgan fingerprint density at radius 1 is 1.47 bits per heavy atom. The molecule has 1 rings (SSSR count). The molecule has 0 bridgehead atoms. The van der Waals surface area contributed by atoms with Crippen molar-refractivity contribution < 1.29 is 17.9 Å². The molecule has 1 aromatic carbocycles. The summed E-state index contributed by atoms with van der Waals surface area (Å²) >= 11 is 9.03. The van der Waals surface area contributed by atoms with Crippen LogP contribution in [-0.2, 0) is 19.6 Å². The molecular formula is C11H13BrClNO4S. The highest BCUT2D eigenvalue weighted by molar-refractivity contribution is 9.10. The summed E-state index contributed by atoms with van der Waals surface area (Å²) in [6.45, 7) is 2.92. The Hall–Kier alpha value is -0.630. The van der Waals surface area contributed by atoms with Crippen molar-refractivity contribution in [3.05, 3.63) is 27.7 Å². The molecule has 1 N–H and O–H groups in total. The first kappa shape index (κ1) is 16.4. The van der Waals surface area contributed by atoms with Crippen molar-refractivity contribution in [1.82, 2.24) is 4.72 Å². The van der Waals surface area contributed by atoms with E-state index in [-0.39, 0.29) is 16.0 Å². The van der Waals surface area contributed by atoms with E-state index in [1.165, 1.54) is 12.1 Å². The number of carbonyl (C=O) groups is 1. The molecule has 8 heteroatoms. The van der Waals surface area contributed by atoms with Crippen molar-refractivity contribution in [3.8, 4) is 0 Å². The molecular weight excluding hydrogens is 358 g/mol. The molecule has 0 radical (unpaired) electrons. The Labute approximate surface area is 125 Å².